The minimum Gasteiger partial charge on any atom is -0.394 e. The largest absolute Gasteiger partial charge is 0.394 e. The topological polar surface area (TPSA) is 46.4 Å². The zero-order valence-electron chi connectivity index (χ0n) is 9.56. The summed E-state index contributed by atoms with van der Waals surface area (Å²) in [5, 5.41) is 12.0. The maximum absolute atomic E-state index is 8.56. The smallest absolute Gasteiger partial charge is 0.0698 e. The van der Waals surface area contributed by atoms with Crippen molar-refractivity contribution in [1.82, 2.24) is 9.88 Å². The van der Waals surface area contributed by atoms with E-state index >= 15 is 0 Å². The fraction of sp³-hybridized carbons (Fsp3) is 0.667. The molecular weight excluding hydrogens is 204 g/mol. The lowest BCUT2D eigenvalue weighted by atomic mass is 10.3. The van der Waals surface area contributed by atoms with E-state index in [1.165, 1.54) is 18.4 Å². The van der Waals surface area contributed by atoms with Crippen LogP contribution in [0.3, 0.4) is 0 Å². The van der Waals surface area contributed by atoms with Crippen LogP contribution in [0.5, 0.6) is 0 Å². The Bertz CT molecular complexity index is 308. The molecule has 0 spiro atoms. The normalized spacial score (nSPS) is 15.6. The minimum atomic E-state index is 0.0994. The monoisotopic (exact) mass is 224 g/mol. The molecule has 0 unspecified atom stereocenters. The molecule has 1 aromatic rings. The molecule has 90 valence electrons. The number of rotatable bonds is 8. The van der Waals surface area contributed by atoms with Gasteiger partial charge in [-0.05, 0) is 24.5 Å². The molecule has 1 aromatic heterocycles. The summed E-state index contributed by atoms with van der Waals surface area (Å²) in [6.07, 6.45) is 6.88. The van der Waals surface area contributed by atoms with Crippen LogP contribution in [0.25, 0.3) is 0 Å². The van der Waals surface area contributed by atoms with E-state index in [0.29, 0.717) is 13.2 Å². The number of ether oxygens (including phenoxy) is 1. The zero-order valence-corrected chi connectivity index (χ0v) is 9.56. The second kappa shape index (κ2) is 6.03. The van der Waals surface area contributed by atoms with E-state index in [9.17, 15) is 0 Å². The van der Waals surface area contributed by atoms with Crippen molar-refractivity contribution in [3.8, 4) is 0 Å². The van der Waals surface area contributed by atoms with Crippen LogP contribution in [-0.2, 0) is 17.8 Å². The van der Waals surface area contributed by atoms with Crippen LogP contribution in [0.4, 0.5) is 0 Å². The molecule has 4 nitrogen and oxygen atoms in total. The van der Waals surface area contributed by atoms with Crippen molar-refractivity contribution in [2.45, 2.75) is 32.0 Å². The summed E-state index contributed by atoms with van der Waals surface area (Å²) < 4.78 is 7.34. The Morgan fingerprint density at radius 2 is 2.31 bits per heavy atom. The number of nitrogens with zero attached hydrogens (tertiary/aromatic N) is 1. The van der Waals surface area contributed by atoms with E-state index in [0.717, 1.165) is 19.1 Å². The van der Waals surface area contributed by atoms with Crippen molar-refractivity contribution >= 4 is 0 Å². The molecule has 0 radical (unpaired) electrons. The van der Waals surface area contributed by atoms with Gasteiger partial charge in [-0.15, -0.1) is 0 Å². The molecule has 1 saturated carbocycles. The Morgan fingerprint density at radius 1 is 1.44 bits per heavy atom. The van der Waals surface area contributed by atoms with Crippen LogP contribution < -0.4 is 5.32 Å². The highest BCUT2D eigenvalue weighted by atomic mass is 16.5. The SMILES string of the molecule is OCCOCCn1ccc(CNC2CC2)c1. The van der Waals surface area contributed by atoms with Crippen LogP contribution in [0.1, 0.15) is 18.4 Å². The Hall–Kier alpha value is -0.840. The van der Waals surface area contributed by atoms with Gasteiger partial charge in [0, 0.05) is 31.5 Å². The summed E-state index contributed by atoms with van der Waals surface area (Å²) in [5.41, 5.74) is 1.33. The molecule has 2 N–H and O–H groups in total. The van der Waals surface area contributed by atoms with Gasteiger partial charge < -0.3 is 19.7 Å². The molecule has 0 saturated heterocycles. The first kappa shape index (κ1) is 11.6. The Kier molecular flexibility index (Phi) is 4.39. The molecule has 1 aliphatic rings. The van der Waals surface area contributed by atoms with E-state index in [1.807, 2.05) is 0 Å². The average molecular weight is 224 g/mol. The zero-order chi connectivity index (χ0) is 11.2. The fourth-order valence-electron chi connectivity index (χ4n) is 1.62. The summed E-state index contributed by atoms with van der Waals surface area (Å²) in [4.78, 5) is 0. The Morgan fingerprint density at radius 3 is 3.06 bits per heavy atom. The maximum atomic E-state index is 8.56. The molecule has 0 aromatic carbocycles. The van der Waals surface area contributed by atoms with E-state index in [-0.39, 0.29) is 6.61 Å². The lowest BCUT2D eigenvalue weighted by Gasteiger charge is -2.03. The highest BCUT2D eigenvalue weighted by molar-refractivity contribution is 5.10. The average Bonchev–Trinajstić information content (AvgIpc) is 3.02. The van der Waals surface area contributed by atoms with Crippen molar-refractivity contribution in [2.24, 2.45) is 0 Å². The van der Waals surface area contributed by atoms with Crippen LogP contribution in [0, 0.1) is 0 Å². The second-order valence-corrected chi connectivity index (χ2v) is 4.25. The summed E-state index contributed by atoms with van der Waals surface area (Å²) in [6, 6.07) is 2.90. The van der Waals surface area contributed by atoms with Gasteiger partial charge in [0.25, 0.3) is 0 Å². The molecule has 0 aliphatic heterocycles. The lowest BCUT2D eigenvalue weighted by Crippen LogP contribution is -2.14. The van der Waals surface area contributed by atoms with Gasteiger partial charge in [-0.2, -0.15) is 0 Å². The third-order valence-electron chi connectivity index (χ3n) is 2.71. The molecule has 4 heteroatoms. The summed E-state index contributed by atoms with van der Waals surface area (Å²) in [6.45, 7) is 3.00. The van der Waals surface area contributed by atoms with Crippen molar-refractivity contribution < 1.29 is 9.84 Å². The molecule has 0 amide bonds. The molecule has 0 bridgehead atoms. The van der Waals surface area contributed by atoms with E-state index in [2.05, 4.69) is 28.3 Å². The standard InChI is InChI=1S/C12H20N2O2/c15-6-8-16-7-5-14-4-3-11(10-14)9-13-12-1-2-12/h3-4,10,12-13,15H,1-2,5-9H2. The lowest BCUT2D eigenvalue weighted by molar-refractivity contribution is 0.0870. The number of aliphatic hydroxyl groups excluding tert-OH is 1. The number of nitrogens with one attached hydrogen (secondary N) is 1. The van der Waals surface area contributed by atoms with Crippen molar-refractivity contribution in [1.29, 1.82) is 0 Å². The predicted molar refractivity (Wildman–Crippen MR) is 62.2 cm³/mol. The quantitative estimate of drug-likeness (QED) is 0.641. The van der Waals surface area contributed by atoms with Crippen LogP contribution in [0.2, 0.25) is 0 Å². The highest BCUT2D eigenvalue weighted by Crippen LogP contribution is 2.19. The highest BCUT2D eigenvalue weighted by Gasteiger charge is 2.19. The van der Waals surface area contributed by atoms with Gasteiger partial charge in [-0.1, -0.05) is 0 Å². The van der Waals surface area contributed by atoms with Crippen LogP contribution >= 0.6 is 0 Å². The first-order chi connectivity index (χ1) is 7.88. The van der Waals surface area contributed by atoms with Gasteiger partial charge in [-0.3, -0.25) is 0 Å². The van der Waals surface area contributed by atoms with E-state index in [1.54, 1.807) is 0 Å². The van der Waals surface area contributed by atoms with Crippen LogP contribution in [-0.4, -0.2) is 35.5 Å². The fourth-order valence-corrected chi connectivity index (χ4v) is 1.62. The first-order valence-electron chi connectivity index (χ1n) is 5.95. The summed E-state index contributed by atoms with van der Waals surface area (Å²) >= 11 is 0. The summed E-state index contributed by atoms with van der Waals surface area (Å²) in [5.74, 6) is 0. The van der Waals surface area contributed by atoms with E-state index < -0.39 is 0 Å². The Labute approximate surface area is 96.2 Å². The van der Waals surface area contributed by atoms with Gasteiger partial charge in [-0.25, -0.2) is 0 Å². The number of aromatic nitrogens is 1. The minimum absolute atomic E-state index is 0.0994. The molecular formula is C12H20N2O2. The molecule has 1 heterocycles. The van der Waals surface area contributed by atoms with Crippen molar-refractivity contribution in [3.63, 3.8) is 0 Å². The van der Waals surface area contributed by atoms with Gasteiger partial charge in [0.05, 0.1) is 19.8 Å². The predicted octanol–water partition coefficient (Wildman–Crippen LogP) is 0.749. The third-order valence-corrected chi connectivity index (χ3v) is 2.71. The molecule has 16 heavy (non-hydrogen) atoms. The summed E-state index contributed by atoms with van der Waals surface area (Å²) in [7, 11) is 0. The molecule has 2 rings (SSSR count). The molecule has 1 aliphatic carbocycles. The van der Waals surface area contributed by atoms with Gasteiger partial charge in [0.1, 0.15) is 0 Å². The molecule has 0 atom stereocenters. The maximum Gasteiger partial charge on any atom is 0.0698 e. The first-order valence-corrected chi connectivity index (χ1v) is 5.95. The number of hydrogen-bond acceptors (Lipinski definition) is 3. The van der Waals surface area contributed by atoms with Gasteiger partial charge in [0.15, 0.2) is 0 Å². The van der Waals surface area contributed by atoms with Gasteiger partial charge in [0.2, 0.25) is 0 Å². The third kappa shape index (κ3) is 3.96. The molecule has 1 fully saturated rings. The Balaban J connectivity index is 1.64. The van der Waals surface area contributed by atoms with Gasteiger partial charge >= 0.3 is 0 Å². The number of hydrogen-bond donors (Lipinski definition) is 2. The van der Waals surface area contributed by atoms with E-state index in [4.69, 9.17) is 9.84 Å². The number of aliphatic hydroxyl groups is 1. The second-order valence-electron chi connectivity index (χ2n) is 4.25. The van der Waals surface area contributed by atoms with Crippen LogP contribution in [0.15, 0.2) is 18.5 Å². The van der Waals surface area contributed by atoms with Crippen molar-refractivity contribution in [2.75, 3.05) is 19.8 Å². The van der Waals surface area contributed by atoms with Crippen molar-refractivity contribution in [3.05, 3.63) is 24.0 Å².